The molecule has 0 aromatic carbocycles. The number of hydrogen-bond acceptors (Lipinski definition) is 5. The van der Waals surface area contributed by atoms with Gasteiger partial charge in [0.05, 0.1) is 5.41 Å². The number of nitrogens with zero attached hydrogens (tertiary/aromatic N) is 2. The lowest BCUT2D eigenvalue weighted by Crippen LogP contribution is -2.40. The van der Waals surface area contributed by atoms with Gasteiger partial charge >= 0.3 is 0 Å². The summed E-state index contributed by atoms with van der Waals surface area (Å²) < 4.78 is 11.2. The van der Waals surface area contributed by atoms with E-state index in [2.05, 4.69) is 24.3 Å². The van der Waals surface area contributed by atoms with Crippen molar-refractivity contribution in [3.8, 4) is 0 Å². The van der Waals surface area contributed by atoms with Crippen LogP contribution in [0.5, 0.6) is 0 Å². The van der Waals surface area contributed by atoms with Crippen LogP contribution in [-0.4, -0.2) is 30.3 Å². The van der Waals surface area contributed by atoms with Crippen LogP contribution >= 0.6 is 0 Å². The van der Waals surface area contributed by atoms with Crippen molar-refractivity contribution in [2.45, 2.75) is 63.9 Å². The Balaban J connectivity index is 2.29. The fourth-order valence-corrected chi connectivity index (χ4v) is 3.00. The molecule has 0 spiro atoms. The van der Waals surface area contributed by atoms with Crippen LogP contribution in [0.2, 0.25) is 0 Å². The molecule has 1 atom stereocenters. The molecular formula is C15H27N3O2. The van der Waals surface area contributed by atoms with Crippen LogP contribution in [0.4, 0.5) is 0 Å². The zero-order valence-corrected chi connectivity index (χ0v) is 13.2. The highest BCUT2D eigenvalue weighted by atomic mass is 16.5. The van der Waals surface area contributed by atoms with Gasteiger partial charge in [0.2, 0.25) is 11.7 Å². The Kier molecular flexibility index (Phi) is 4.81. The van der Waals surface area contributed by atoms with E-state index in [0.29, 0.717) is 5.82 Å². The minimum absolute atomic E-state index is 0.0492. The fraction of sp³-hybridized carbons (Fsp3) is 0.867. The summed E-state index contributed by atoms with van der Waals surface area (Å²) in [6.07, 6.45) is 5.20. The van der Waals surface area contributed by atoms with E-state index in [1.54, 1.807) is 7.11 Å². The lowest BCUT2D eigenvalue weighted by molar-refractivity contribution is -0.0106. The summed E-state index contributed by atoms with van der Waals surface area (Å²) in [5.41, 5.74) is -0.407. The Labute approximate surface area is 121 Å². The molecule has 1 fully saturated rings. The molecule has 1 N–H and O–H groups in total. The molecule has 5 nitrogen and oxygen atoms in total. The highest BCUT2D eigenvalue weighted by Gasteiger charge is 2.40. The zero-order chi connectivity index (χ0) is 14.6. The lowest BCUT2D eigenvalue weighted by Gasteiger charge is -2.34. The van der Waals surface area contributed by atoms with Crippen molar-refractivity contribution in [2.24, 2.45) is 0 Å². The topological polar surface area (TPSA) is 60.2 Å². The van der Waals surface area contributed by atoms with Crippen molar-refractivity contribution in [2.75, 3.05) is 20.2 Å². The predicted molar refractivity (Wildman–Crippen MR) is 77.6 cm³/mol. The van der Waals surface area contributed by atoms with Crippen LogP contribution in [0.3, 0.4) is 0 Å². The van der Waals surface area contributed by atoms with Gasteiger partial charge in [-0.1, -0.05) is 25.4 Å². The SMILES string of the molecule is CCCC1(c2nc(C(C)(CC)OC)no2)CCNCC1. The largest absolute Gasteiger partial charge is 0.370 e. The Morgan fingerprint density at radius 1 is 1.35 bits per heavy atom. The summed E-state index contributed by atoms with van der Waals surface area (Å²) in [7, 11) is 1.70. The summed E-state index contributed by atoms with van der Waals surface area (Å²) in [5, 5.41) is 7.61. The minimum atomic E-state index is -0.456. The first-order valence-electron chi connectivity index (χ1n) is 7.71. The van der Waals surface area contributed by atoms with E-state index >= 15 is 0 Å². The Bertz CT molecular complexity index is 415. The normalized spacial score (nSPS) is 21.6. The molecule has 0 radical (unpaired) electrons. The minimum Gasteiger partial charge on any atom is -0.370 e. The summed E-state index contributed by atoms with van der Waals surface area (Å²) in [6, 6.07) is 0. The van der Waals surface area contributed by atoms with Gasteiger partial charge in [-0.3, -0.25) is 0 Å². The summed E-state index contributed by atoms with van der Waals surface area (Å²) in [4.78, 5) is 4.71. The van der Waals surface area contributed by atoms with Crippen molar-refractivity contribution in [3.63, 3.8) is 0 Å². The third-order valence-corrected chi connectivity index (χ3v) is 4.77. The maximum absolute atomic E-state index is 5.64. The van der Waals surface area contributed by atoms with Gasteiger partial charge in [-0.15, -0.1) is 0 Å². The van der Waals surface area contributed by atoms with Crippen molar-refractivity contribution in [3.05, 3.63) is 11.7 Å². The molecule has 0 bridgehead atoms. The fourth-order valence-electron chi connectivity index (χ4n) is 3.00. The maximum Gasteiger partial charge on any atom is 0.233 e. The van der Waals surface area contributed by atoms with Crippen LogP contribution < -0.4 is 5.32 Å². The highest BCUT2D eigenvalue weighted by Crippen LogP contribution is 2.38. The number of aromatic nitrogens is 2. The smallest absolute Gasteiger partial charge is 0.233 e. The molecule has 0 amide bonds. The third-order valence-electron chi connectivity index (χ3n) is 4.77. The molecule has 114 valence electrons. The standard InChI is InChI=1S/C15H27N3O2/c1-5-7-15(8-10-16-11-9-15)13-17-12(18-20-13)14(3,6-2)19-4/h16H,5-11H2,1-4H3. The lowest BCUT2D eigenvalue weighted by atomic mass is 9.75. The quantitative estimate of drug-likeness (QED) is 0.868. The third kappa shape index (κ3) is 2.74. The molecular weight excluding hydrogens is 254 g/mol. The average Bonchev–Trinajstić information content (AvgIpc) is 2.99. The predicted octanol–water partition coefficient (Wildman–Crippen LogP) is 2.76. The molecule has 2 heterocycles. The second kappa shape index (κ2) is 6.22. The number of piperidine rings is 1. The van der Waals surface area contributed by atoms with Crippen molar-refractivity contribution < 1.29 is 9.26 Å². The second-order valence-corrected chi connectivity index (χ2v) is 5.99. The van der Waals surface area contributed by atoms with Gasteiger partial charge in [0.1, 0.15) is 5.60 Å². The van der Waals surface area contributed by atoms with E-state index < -0.39 is 5.60 Å². The van der Waals surface area contributed by atoms with E-state index in [1.165, 1.54) is 0 Å². The Morgan fingerprint density at radius 2 is 2.05 bits per heavy atom. The maximum atomic E-state index is 5.64. The summed E-state index contributed by atoms with van der Waals surface area (Å²) in [5.74, 6) is 1.47. The number of rotatable bonds is 6. The molecule has 0 saturated carbocycles. The average molecular weight is 281 g/mol. The first-order valence-corrected chi connectivity index (χ1v) is 7.71. The van der Waals surface area contributed by atoms with E-state index in [1.807, 2.05) is 6.92 Å². The van der Waals surface area contributed by atoms with E-state index in [9.17, 15) is 0 Å². The van der Waals surface area contributed by atoms with Crippen LogP contribution in [0.25, 0.3) is 0 Å². The summed E-state index contributed by atoms with van der Waals surface area (Å²) >= 11 is 0. The van der Waals surface area contributed by atoms with Crippen LogP contribution in [0.1, 0.15) is 64.6 Å². The van der Waals surface area contributed by atoms with Crippen LogP contribution in [0.15, 0.2) is 4.52 Å². The van der Waals surface area contributed by atoms with Gasteiger partial charge in [-0.2, -0.15) is 4.98 Å². The van der Waals surface area contributed by atoms with Gasteiger partial charge in [0.15, 0.2) is 0 Å². The monoisotopic (exact) mass is 281 g/mol. The van der Waals surface area contributed by atoms with Crippen LogP contribution in [0, 0.1) is 0 Å². The Hall–Kier alpha value is -0.940. The number of ether oxygens (including phenoxy) is 1. The van der Waals surface area contributed by atoms with Crippen LogP contribution in [-0.2, 0) is 15.8 Å². The molecule has 1 aliphatic heterocycles. The van der Waals surface area contributed by atoms with E-state index in [4.69, 9.17) is 14.2 Å². The first-order chi connectivity index (χ1) is 9.60. The molecule has 1 aromatic heterocycles. The van der Waals surface area contributed by atoms with Crippen molar-refractivity contribution >= 4 is 0 Å². The molecule has 1 aromatic rings. The number of methoxy groups -OCH3 is 1. The highest BCUT2D eigenvalue weighted by molar-refractivity contribution is 5.10. The number of nitrogens with one attached hydrogen (secondary N) is 1. The van der Waals surface area contributed by atoms with Gasteiger partial charge in [0, 0.05) is 7.11 Å². The van der Waals surface area contributed by atoms with Gasteiger partial charge < -0.3 is 14.6 Å². The van der Waals surface area contributed by atoms with E-state index in [0.717, 1.165) is 51.1 Å². The van der Waals surface area contributed by atoms with Gasteiger partial charge in [0.25, 0.3) is 0 Å². The molecule has 2 rings (SSSR count). The Morgan fingerprint density at radius 3 is 2.60 bits per heavy atom. The van der Waals surface area contributed by atoms with Gasteiger partial charge in [-0.05, 0) is 45.7 Å². The molecule has 1 unspecified atom stereocenters. The molecule has 0 aliphatic carbocycles. The molecule has 5 heteroatoms. The van der Waals surface area contributed by atoms with Crippen molar-refractivity contribution in [1.29, 1.82) is 0 Å². The molecule has 20 heavy (non-hydrogen) atoms. The second-order valence-electron chi connectivity index (χ2n) is 5.99. The first kappa shape index (κ1) is 15.4. The van der Waals surface area contributed by atoms with Crippen molar-refractivity contribution in [1.82, 2.24) is 15.5 Å². The molecule has 1 aliphatic rings. The summed E-state index contributed by atoms with van der Waals surface area (Å²) in [6.45, 7) is 8.34. The number of hydrogen-bond donors (Lipinski definition) is 1. The van der Waals surface area contributed by atoms with E-state index in [-0.39, 0.29) is 5.41 Å². The zero-order valence-electron chi connectivity index (χ0n) is 13.2. The molecule has 1 saturated heterocycles. The van der Waals surface area contributed by atoms with Gasteiger partial charge in [-0.25, -0.2) is 0 Å².